The van der Waals surface area contributed by atoms with Crippen molar-refractivity contribution in [2.24, 2.45) is 17.6 Å². The van der Waals surface area contributed by atoms with E-state index in [0.717, 1.165) is 12.8 Å². The molecule has 1 aromatic carbocycles. The smallest absolute Gasteiger partial charge is 0.350 e. The molecule has 2 aliphatic rings. The Balaban J connectivity index is 0.00000225. The number of fused-ring (bicyclic) bond motifs is 1. The monoisotopic (exact) mass is 411 g/mol. The second-order valence-electron chi connectivity index (χ2n) is 8.19. The summed E-state index contributed by atoms with van der Waals surface area (Å²) in [6.45, 7) is 7.22. The van der Waals surface area contributed by atoms with Gasteiger partial charge in [0, 0.05) is 30.7 Å². The highest BCUT2D eigenvalue weighted by Gasteiger charge is 2.35. The highest BCUT2D eigenvalue weighted by molar-refractivity contribution is 5.87. The Kier molecular flexibility index (Phi) is 5.22. The van der Waals surface area contributed by atoms with Crippen LogP contribution in [0.1, 0.15) is 38.3 Å². The molecule has 1 aliphatic carbocycles. The minimum atomic E-state index is -0.663. The quantitative estimate of drug-likeness (QED) is 0.745. The molecule has 28 heavy (non-hydrogen) atoms. The fourth-order valence-corrected chi connectivity index (χ4v) is 4.58. The molecular weight excluding hydrogens is 385 g/mol. The summed E-state index contributed by atoms with van der Waals surface area (Å²) in [6, 6.07) is 1.26. The van der Waals surface area contributed by atoms with Gasteiger partial charge in [-0.05, 0) is 44.6 Å². The molecule has 1 saturated carbocycles. The van der Waals surface area contributed by atoms with Crippen LogP contribution in [0, 0.1) is 24.6 Å². The van der Waals surface area contributed by atoms with Crippen molar-refractivity contribution < 1.29 is 4.39 Å². The number of benzene rings is 1. The Morgan fingerprint density at radius 2 is 1.89 bits per heavy atom. The van der Waals surface area contributed by atoms with Crippen molar-refractivity contribution in [1.29, 1.82) is 0 Å². The van der Waals surface area contributed by atoms with E-state index in [1.165, 1.54) is 6.07 Å². The summed E-state index contributed by atoms with van der Waals surface area (Å²) in [4.78, 5) is 27.1. The number of aromatic nitrogens is 2. The van der Waals surface area contributed by atoms with Crippen LogP contribution < -0.4 is 27.7 Å². The number of hydrogen-bond acceptors (Lipinski definition) is 5. The van der Waals surface area contributed by atoms with Gasteiger partial charge >= 0.3 is 5.69 Å². The van der Waals surface area contributed by atoms with Crippen LogP contribution in [-0.4, -0.2) is 28.4 Å². The van der Waals surface area contributed by atoms with Crippen molar-refractivity contribution in [3.05, 3.63) is 38.3 Å². The summed E-state index contributed by atoms with van der Waals surface area (Å²) in [5.41, 5.74) is 6.47. The van der Waals surface area contributed by atoms with Crippen molar-refractivity contribution in [1.82, 2.24) is 9.24 Å². The number of halogens is 2. The van der Waals surface area contributed by atoms with Gasteiger partial charge < -0.3 is 16.5 Å². The molecule has 154 valence electrons. The van der Waals surface area contributed by atoms with Gasteiger partial charge in [0.05, 0.1) is 16.6 Å². The second kappa shape index (κ2) is 7.08. The molecule has 7 nitrogen and oxygen atoms in total. The van der Waals surface area contributed by atoms with Crippen molar-refractivity contribution in [2.75, 3.05) is 23.8 Å². The van der Waals surface area contributed by atoms with Gasteiger partial charge in [-0.1, -0.05) is 6.92 Å². The van der Waals surface area contributed by atoms with E-state index in [1.54, 1.807) is 11.5 Å². The van der Waals surface area contributed by atoms with Crippen LogP contribution in [0.5, 0.6) is 0 Å². The van der Waals surface area contributed by atoms with Crippen LogP contribution in [-0.2, 0) is 0 Å². The predicted octanol–water partition coefficient (Wildman–Crippen LogP) is 1.50. The fourth-order valence-electron chi connectivity index (χ4n) is 4.58. The van der Waals surface area contributed by atoms with E-state index < -0.39 is 17.1 Å². The topological polar surface area (TPSA) is 99.3 Å². The molecule has 2 aromatic rings. The Hall–Kier alpha value is -2.06. The predicted molar refractivity (Wildman–Crippen MR) is 111 cm³/mol. The summed E-state index contributed by atoms with van der Waals surface area (Å²) in [6.07, 6.45) is 1.71. The van der Waals surface area contributed by atoms with Gasteiger partial charge in [0.25, 0.3) is 5.56 Å². The molecule has 0 radical (unpaired) electrons. The normalized spacial score (nSPS) is 23.1. The van der Waals surface area contributed by atoms with Crippen molar-refractivity contribution in [2.45, 2.75) is 45.7 Å². The maximum atomic E-state index is 15.1. The fraction of sp³-hybridized carbons (Fsp3) is 0.579. The van der Waals surface area contributed by atoms with Crippen molar-refractivity contribution in [3.8, 4) is 0 Å². The number of rotatable bonds is 3. The van der Waals surface area contributed by atoms with Crippen LogP contribution in [0.25, 0.3) is 10.9 Å². The van der Waals surface area contributed by atoms with Crippen molar-refractivity contribution >= 4 is 29.0 Å². The van der Waals surface area contributed by atoms with Gasteiger partial charge in [-0.2, -0.15) is 4.68 Å². The first-order valence-corrected chi connectivity index (χ1v) is 9.48. The zero-order valence-electron chi connectivity index (χ0n) is 16.3. The lowest BCUT2D eigenvalue weighted by atomic mass is 9.92. The number of hydrogen-bond donors (Lipinski definition) is 2. The lowest BCUT2D eigenvalue weighted by Crippen LogP contribution is -2.44. The summed E-state index contributed by atoms with van der Waals surface area (Å²) in [5.74, 6) is 5.81. The molecule has 1 saturated heterocycles. The average Bonchev–Trinajstić information content (AvgIpc) is 3.36. The van der Waals surface area contributed by atoms with E-state index in [4.69, 9.17) is 11.6 Å². The molecule has 0 spiro atoms. The molecular formula is C19H27ClFN5O2. The first-order chi connectivity index (χ1) is 12.7. The Labute approximate surface area is 168 Å². The Bertz CT molecular complexity index is 1040. The van der Waals surface area contributed by atoms with Crippen molar-refractivity contribution in [3.63, 3.8) is 0 Å². The van der Waals surface area contributed by atoms with E-state index in [2.05, 4.69) is 6.92 Å². The van der Waals surface area contributed by atoms with Gasteiger partial charge in [-0.3, -0.25) is 9.36 Å². The third-order valence-corrected chi connectivity index (χ3v) is 6.14. The van der Waals surface area contributed by atoms with Crippen LogP contribution in [0.3, 0.4) is 0 Å². The first kappa shape index (κ1) is 20.7. The standard InChI is InChI=1S/C19H26FN5O2.ClH/c1-9-7-23(8-14(9)11(3)21)17-10(2)16-13(6-15(17)20)18(26)25(22)19(27)24(16)12-4-5-12;/h6,9,11-12,14H,4-5,7-8,21-22H2,1-3H3;1H. The SMILES string of the molecule is Cc1c(N2CC(C)C(C(C)N)C2)c(F)cc2c(=O)n(N)c(=O)n(C3CC3)c12.Cl. The van der Waals surface area contributed by atoms with Crippen LogP contribution in [0.15, 0.2) is 15.7 Å². The van der Waals surface area contributed by atoms with Crippen LogP contribution in [0.4, 0.5) is 10.1 Å². The largest absolute Gasteiger partial charge is 0.368 e. The molecule has 3 atom stereocenters. The van der Waals surface area contributed by atoms with E-state index >= 15 is 4.39 Å². The molecule has 1 aliphatic heterocycles. The molecule has 0 amide bonds. The van der Waals surface area contributed by atoms with Gasteiger partial charge in [-0.15, -0.1) is 12.4 Å². The van der Waals surface area contributed by atoms with Gasteiger partial charge in [0.1, 0.15) is 5.82 Å². The lowest BCUT2D eigenvalue weighted by Gasteiger charge is -2.24. The molecule has 4 rings (SSSR count). The Morgan fingerprint density at radius 1 is 1.25 bits per heavy atom. The first-order valence-electron chi connectivity index (χ1n) is 9.48. The maximum Gasteiger partial charge on any atom is 0.350 e. The summed E-state index contributed by atoms with van der Waals surface area (Å²) in [7, 11) is 0. The number of anilines is 1. The molecule has 3 unspecified atom stereocenters. The summed E-state index contributed by atoms with van der Waals surface area (Å²) >= 11 is 0. The van der Waals surface area contributed by atoms with Gasteiger partial charge in [0.15, 0.2) is 0 Å². The van der Waals surface area contributed by atoms with E-state index in [9.17, 15) is 9.59 Å². The molecule has 1 aromatic heterocycles. The van der Waals surface area contributed by atoms with Gasteiger partial charge in [-0.25, -0.2) is 9.18 Å². The zero-order chi connectivity index (χ0) is 19.6. The van der Waals surface area contributed by atoms with Gasteiger partial charge in [0.2, 0.25) is 0 Å². The summed E-state index contributed by atoms with van der Waals surface area (Å²) in [5, 5.41) is 0.152. The summed E-state index contributed by atoms with van der Waals surface area (Å²) < 4.78 is 17.3. The highest BCUT2D eigenvalue weighted by atomic mass is 35.5. The second-order valence-corrected chi connectivity index (χ2v) is 8.19. The number of nitrogens with zero attached hydrogens (tertiary/aromatic N) is 3. The number of aryl methyl sites for hydroxylation is 1. The minimum absolute atomic E-state index is 0. The Morgan fingerprint density at radius 3 is 2.43 bits per heavy atom. The third kappa shape index (κ3) is 2.99. The molecule has 2 fully saturated rings. The molecule has 4 N–H and O–H groups in total. The average molecular weight is 412 g/mol. The number of nitrogen functional groups attached to an aromatic ring is 1. The van der Waals surface area contributed by atoms with Crippen LogP contribution >= 0.6 is 12.4 Å². The molecule has 0 bridgehead atoms. The molecule has 2 heterocycles. The molecule has 9 heteroatoms. The van der Waals surface area contributed by atoms with E-state index in [1.807, 2.05) is 11.8 Å². The number of nitrogens with two attached hydrogens (primary N) is 2. The van der Waals surface area contributed by atoms with E-state index in [0.29, 0.717) is 40.5 Å². The lowest BCUT2D eigenvalue weighted by molar-refractivity contribution is 0.390. The van der Waals surface area contributed by atoms with E-state index in [-0.39, 0.29) is 35.8 Å². The minimum Gasteiger partial charge on any atom is -0.368 e. The van der Waals surface area contributed by atoms with Crippen LogP contribution in [0.2, 0.25) is 0 Å². The zero-order valence-corrected chi connectivity index (χ0v) is 17.1. The third-order valence-electron chi connectivity index (χ3n) is 6.14. The maximum absolute atomic E-state index is 15.1. The highest BCUT2D eigenvalue weighted by Crippen LogP contribution is 2.40.